The number of anilines is 1. The molecule has 0 aliphatic heterocycles. The molecule has 3 rings (SSSR count). The van der Waals surface area contributed by atoms with Gasteiger partial charge in [0.25, 0.3) is 0 Å². The Bertz CT molecular complexity index is 1380. The summed E-state index contributed by atoms with van der Waals surface area (Å²) in [6.07, 6.45) is 1.87. The predicted octanol–water partition coefficient (Wildman–Crippen LogP) is 4.71. The summed E-state index contributed by atoms with van der Waals surface area (Å²) >= 11 is 12.5. The molecule has 0 bridgehead atoms. The van der Waals surface area contributed by atoms with E-state index < -0.39 is 28.5 Å². The highest BCUT2D eigenvalue weighted by Crippen LogP contribution is 2.26. The number of halogens is 2. The van der Waals surface area contributed by atoms with E-state index in [-0.39, 0.29) is 18.9 Å². The van der Waals surface area contributed by atoms with E-state index in [0.29, 0.717) is 27.7 Å². The quantitative estimate of drug-likeness (QED) is 0.359. The molecular formula is C28H31Cl2N3O4S. The third kappa shape index (κ3) is 7.49. The lowest BCUT2D eigenvalue weighted by Crippen LogP contribution is -2.53. The Labute approximate surface area is 234 Å². The Balaban J connectivity index is 2.07. The lowest BCUT2D eigenvalue weighted by Gasteiger charge is -2.33. The van der Waals surface area contributed by atoms with Gasteiger partial charge in [0.15, 0.2) is 0 Å². The molecule has 0 spiro atoms. The Morgan fingerprint density at radius 3 is 2.21 bits per heavy atom. The summed E-state index contributed by atoms with van der Waals surface area (Å²) in [6.45, 7) is 1.41. The number of benzene rings is 3. The number of hydrogen-bond donors (Lipinski definition) is 1. The first-order valence-electron chi connectivity index (χ1n) is 12.1. The number of hydrogen-bond acceptors (Lipinski definition) is 4. The SMILES string of the molecule is CCc1ccccc1N(CC(=O)N(Cc1ccc(Cl)cc1Cl)C(Cc1ccccc1)C(=O)NC)S(C)(=O)=O. The Kier molecular flexibility index (Phi) is 10.2. The van der Waals surface area contributed by atoms with Crippen LogP contribution in [-0.2, 0) is 39.0 Å². The number of nitrogens with one attached hydrogen (secondary N) is 1. The van der Waals surface area contributed by atoms with Gasteiger partial charge in [0, 0.05) is 30.1 Å². The fourth-order valence-electron chi connectivity index (χ4n) is 4.20. The number of para-hydroxylation sites is 1. The average molecular weight is 577 g/mol. The van der Waals surface area contributed by atoms with E-state index in [1.165, 1.54) is 11.9 Å². The van der Waals surface area contributed by atoms with Gasteiger partial charge in [-0.05, 0) is 41.3 Å². The van der Waals surface area contributed by atoms with Crippen LogP contribution < -0.4 is 9.62 Å². The maximum Gasteiger partial charge on any atom is 0.244 e. The van der Waals surface area contributed by atoms with Gasteiger partial charge in [-0.25, -0.2) is 8.42 Å². The van der Waals surface area contributed by atoms with Crippen molar-refractivity contribution in [2.45, 2.75) is 32.4 Å². The third-order valence-electron chi connectivity index (χ3n) is 6.19. The van der Waals surface area contributed by atoms with Crippen molar-refractivity contribution in [3.8, 4) is 0 Å². The lowest BCUT2D eigenvalue weighted by atomic mass is 10.0. The van der Waals surface area contributed by atoms with Gasteiger partial charge in [0.2, 0.25) is 21.8 Å². The average Bonchev–Trinajstić information content (AvgIpc) is 2.89. The third-order valence-corrected chi connectivity index (χ3v) is 7.91. The van der Waals surface area contributed by atoms with Crippen molar-refractivity contribution in [2.75, 3.05) is 24.2 Å². The normalized spacial score (nSPS) is 12.0. The standard InChI is InChI=1S/C28H31Cl2N3O4S/c1-4-21-12-8-9-13-25(21)33(38(3,36)37)19-27(34)32(18-22-14-15-23(29)17-24(22)30)26(28(35)31-2)16-20-10-6-5-7-11-20/h5-15,17,26H,4,16,18-19H2,1-3H3,(H,31,35). The molecule has 0 radical (unpaired) electrons. The Hall–Kier alpha value is -3.07. The molecule has 1 unspecified atom stereocenters. The van der Waals surface area contributed by atoms with Crippen molar-refractivity contribution < 1.29 is 18.0 Å². The molecular weight excluding hydrogens is 545 g/mol. The summed E-state index contributed by atoms with van der Waals surface area (Å²) in [5.74, 6) is -0.927. The Morgan fingerprint density at radius 1 is 0.947 bits per heavy atom. The number of carbonyl (C=O) groups is 2. The second kappa shape index (κ2) is 13.1. The van der Waals surface area contributed by atoms with Crippen LogP contribution in [0.15, 0.2) is 72.8 Å². The minimum atomic E-state index is -3.83. The first-order chi connectivity index (χ1) is 18.0. The van der Waals surface area contributed by atoms with E-state index in [4.69, 9.17) is 23.2 Å². The fourth-order valence-corrected chi connectivity index (χ4v) is 5.55. The molecule has 0 fully saturated rings. The van der Waals surface area contributed by atoms with E-state index in [2.05, 4.69) is 5.32 Å². The molecule has 0 aliphatic carbocycles. The summed E-state index contributed by atoms with van der Waals surface area (Å²) in [5.41, 5.74) is 2.63. The maximum atomic E-state index is 14.0. The number of amides is 2. The van der Waals surface area contributed by atoms with Crippen molar-refractivity contribution in [3.63, 3.8) is 0 Å². The van der Waals surface area contributed by atoms with Crippen LogP contribution in [0.5, 0.6) is 0 Å². The van der Waals surface area contributed by atoms with Crippen LogP contribution in [0.25, 0.3) is 0 Å². The zero-order valence-corrected chi connectivity index (χ0v) is 23.9. The summed E-state index contributed by atoms with van der Waals surface area (Å²) in [7, 11) is -2.34. The van der Waals surface area contributed by atoms with Crippen LogP contribution in [0.2, 0.25) is 10.0 Å². The zero-order chi connectivity index (χ0) is 27.9. The minimum Gasteiger partial charge on any atom is -0.357 e. The number of likely N-dealkylation sites (N-methyl/N-ethyl adjacent to an activating group) is 1. The largest absolute Gasteiger partial charge is 0.357 e. The van der Waals surface area contributed by atoms with Gasteiger partial charge in [-0.3, -0.25) is 13.9 Å². The van der Waals surface area contributed by atoms with Gasteiger partial charge in [0.1, 0.15) is 12.6 Å². The van der Waals surface area contributed by atoms with Gasteiger partial charge in [-0.2, -0.15) is 0 Å². The van der Waals surface area contributed by atoms with Crippen molar-refractivity contribution in [2.24, 2.45) is 0 Å². The number of carbonyl (C=O) groups excluding carboxylic acids is 2. The Morgan fingerprint density at radius 2 is 1.61 bits per heavy atom. The van der Waals surface area contributed by atoms with Crippen molar-refractivity contribution in [3.05, 3.63) is 99.5 Å². The van der Waals surface area contributed by atoms with Crippen LogP contribution in [0, 0.1) is 0 Å². The summed E-state index contributed by atoms with van der Waals surface area (Å²) in [6, 6.07) is 20.3. The van der Waals surface area contributed by atoms with Gasteiger partial charge in [-0.15, -0.1) is 0 Å². The number of nitrogens with zero attached hydrogens (tertiary/aromatic N) is 2. The van der Waals surface area contributed by atoms with Gasteiger partial charge >= 0.3 is 0 Å². The van der Waals surface area contributed by atoms with Crippen molar-refractivity contribution in [1.82, 2.24) is 10.2 Å². The number of aryl methyl sites for hydroxylation is 1. The molecule has 0 aliphatic rings. The highest BCUT2D eigenvalue weighted by Gasteiger charge is 2.33. The molecule has 3 aromatic rings. The maximum absolute atomic E-state index is 14.0. The van der Waals surface area contributed by atoms with Crippen LogP contribution >= 0.6 is 23.2 Å². The second-order valence-corrected chi connectivity index (χ2v) is 11.6. The van der Waals surface area contributed by atoms with Gasteiger partial charge < -0.3 is 10.2 Å². The first kappa shape index (κ1) is 29.5. The van der Waals surface area contributed by atoms with Crippen molar-refractivity contribution in [1.29, 1.82) is 0 Å². The van der Waals surface area contributed by atoms with Crippen LogP contribution in [0.3, 0.4) is 0 Å². The molecule has 2 amide bonds. The van der Waals surface area contributed by atoms with E-state index in [0.717, 1.165) is 21.7 Å². The van der Waals surface area contributed by atoms with E-state index in [1.54, 1.807) is 30.3 Å². The topological polar surface area (TPSA) is 86.8 Å². The molecule has 202 valence electrons. The number of rotatable bonds is 11. The van der Waals surface area contributed by atoms with E-state index >= 15 is 0 Å². The van der Waals surface area contributed by atoms with Crippen LogP contribution in [-0.4, -0.2) is 51.0 Å². The molecule has 10 heteroatoms. The predicted molar refractivity (Wildman–Crippen MR) is 153 cm³/mol. The lowest BCUT2D eigenvalue weighted by molar-refractivity contribution is -0.139. The van der Waals surface area contributed by atoms with E-state index in [1.807, 2.05) is 49.4 Å². The smallest absolute Gasteiger partial charge is 0.244 e. The summed E-state index contributed by atoms with van der Waals surface area (Å²) in [4.78, 5) is 28.5. The minimum absolute atomic E-state index is 0.0210. The highest BCUT2D eigenvalue weighted by atomic mass is 35.5. The molecule has 3 aromatic carbocycles. The van der Waals surface area contributed by atoms with Gasteiger partial charge in [0.05, 0.1) is 11.9 Å². The van der Waals surface area contributed by atoms with E-state index in [9.17, 15) is 18.0 Å². The van der Waals surface area contributed by atoms with Gasteiger partial charge in [-0.1, -0.05) is 84.7 Å². The molecule has 7 nitrogen and oxygen atoms in total. The molecule has 0 saturated heterocycles. The van der Waals surface area contributed by atoms with Crippen molar-refractivity contribution >= 4 is 50.7 Å². The molecule has 0 saturated carbocycles. The van der Waals surface area contributed by atoms with Crippen LogP contribution in [0.4, 0.5) is 5.69 Å². The van der Waals surface area contributed by atoms with Crippen LogP contribution in [0.1, 0.15) is 23.6 Å². The second-order valence-electron chi connectivity index (χ2n) is 8.83. The molecule has 0 aromatic heterocycles. The summed E-state index contributed by atoms with van der Waals surface area (Å²) < 4.78 is 26.9. The molecule has 0 heterocycles. The summed E-state index contributed by atoms with van der Waals surface area (Å²) in [5, 5.41) is 3.41. The zero-order valence-electron chi connectivity index (χ0n) is 21.5. The molecule has 1 N–H and O–H groups in total. The fraction of sp³-hybridized carbons (Fsp3) is 0.286. The monoisotopic (exact) mass is 575 g/mol. The first-order valence-corrected chi connectivity index (χ1v) is 14.7. The molecule has 38 heavy (non-hydrogen) atoms. The highest BCUT2D eigenvalue weighted by molar-refractivity contribution is 7.92. The number of sulfonamides is 1. The molecule has 1 atom stereocenters.